The molecule has 2 heterocycles. The quantitative estimate of drug-likeness (QED) is 0.113. The van der Waals surface area contributed by atoms with Gasteiger partial charge in [-0.05, 0) is 36.4 Å². The van der Waals surface area contributed by atoms with E-state index in [1.165, 1.54) is 24.3 Å². The molecule has 7 aromatic rings. The Morgan fingerprint density at radius 2 is 0.737 bits per heavy atom. The maximum Gasteiger partial charge on any atom is 0.343 e. The van der Waals surface area contributed by atoms with Crippen LogP contribution in [0.1, 0.15) is 53.3 Å². The first kappa shape index (κ1) is 34.9. The van der Waals surface area contributed by atoms with Gasteiger partial charge < -0.3 is 33.5 Å². The van der Waals surface area contributed by atoms with Crippen molar-refractivity contribution < 1.29 is 47.9 Å². The lowest BCUT2D eigenvalue weighted by Crippen LogP contribution is -2.36. The van der Waals surface area contributed by atoms with E-state index >= 15 is 0 Å². The third-order valence-corrected chi connectivity index (χ3v) is 9.55. The Morgan fingerprint density at radius 1 is 0.404 bits per heavy atom. The van der Waals surface area contributed by atoms with Crippen molar-refractivity contribution in [3.63, 3.8) is 0 Å². The molecule has 0 amide bonds. The van der Waals surface area contributed by atoms with Crippen LogP contribution in [-0.2, 0) is 11.6 Å². The average Bonchev–Trinajstić information content (AvgIpc) is 3.87. The van der Waals surface area contributed by atoms with Crippen LogP contribution in [0.3, 0.4) is 0 Å². The maximum atomic E-state index is 14.3. The zero-order valence-electron chi connectivity index (χ0n) is 29.9. The summed E-state index contributed by atoms with van der Waals surface area (Å²) in [6, 6.07) is 50.3. The normalized spacial score (nSPS) is 14.0. The summed E-state index contributed by atoms with van der Waals surface area (Å²) in [5.74, 6) is -6.12. The van der Waals surface area contributed by atoms with Crippen LogP contribution in [-0.4, -0.2) is 23.0 Å². The van der Waals surface area contributed by atoms with Gasteiger partial charge in [-0.25, -0.2) is 14.4 Å². The number of carboxylic acid groups (broad SMARTS) is 1. The minimum atomic E-state index is -1.54. The minimum Gasteiger partial charge on any atom is -0.478 e. The monoisotopic (exact) mass is 754 g/mol. The molecule has 0 unspecified atom stereocenters. The highest BCUT2D eigenvalue weighted by atomic mass is 16.7. The molecule has 0 bridgehead atoms. The van der Waals surface area contributed by atoms with Gasteiger partial charge in [-0.15, -0.1) is 0 Å². The Bertz CT molecular complexity index is 2550. The lowest BCUT2D eigenvalue weighted by Gasteiger charge is -2.28. The van der Waals surface area contributed by atoms with E-state index in [-0.39, 0.29) is 51.2 Å². The number of fused-ring (bicyclic) bond motifs is 2. The van der Waals surface area contributed by atoms with Crippen molar-refractivity contribution >= 4 is 17.9 Å². The van der Waals surface area contributed by atoms with E-state index in [9.17, 15) is 19.5 Å². The predicted molar refractivity (Wildman–Crippen MR) is 206 cm³/mol. The third kappa shape index (κ3) is 6.24. The molecule has 0 fully saturated rings. The highest BCUT2D eigenvalue weighted by Crippen LogP contribution is 2.54. The summed E-state index contributed by atoms with van der Waals surface area (Å²) in [4.78, 5) is 40.2. The van der Waals surface area contributed by atoms with Gasteiger partial charge in [-0.1, -0.05) is 140 Å². The molecule has 2 aliphatic rings. The van der Waals surface area contributed by atoms with Crippen molar-refractivity contribution in [2.24, 2.45) is 0 Å². The van der Waals surface area contributed by atoms with Gasteiger partial charge in [0.1, 0.15) is 0 Å². The Morgan fingerprint density at radius 3 is 1.12 bits per heavy atom. The second-order valence-corrected chi connectivity index (χ2v) is 13.2. The number of carbonyl (C=O) groups is 3. The molecule has 10 heteroatoms. The molecule has 278 valence electrons. The van der Waals surface area contributed by atoms with Crippen LogP contribution in [0.15, 0.2) is 176 Å². The Hall–Kier alpha value is -7.85. The summed E-state index contributed by atoms with van der Waals surface area (Å²) in [5, 5.41) is 10.1. The Balaban J connectivity index is 1.13. The number of ether oxygens (including phenoxy) is 6. The van der Waals surface area contributed by atoms with Crippen LogP contribution >= 0.6 is 0 Å². The van der Waals surface area contributed by atoms with E-state index in [1.54, 1.807) is 30.3 Å². The van der Waals surface area contributed by atoms with Gasteiger partial charge in [0, 0.05) is 22.3 Å². The molecule has 0 spiro atoms. The summed E-state index contributed by atoms with van der Waals surface area (Å²) in [6.07, 6.45) is 0. The van der Waals surface area contributed by atoms with Gasteiger partial charge in [0.25, 0.3) is 0 Å². The zero-order chi connectivity index (χ0) is 39.0. The molecule has 1 N–H and O–H groups in total. The summed E-state index contributed by atoms with van der Waals surface area (Å²) < 4.78 is 38.3. The molecule has 0 saturated heterocycles. The third-order valence-electron chi connectivity index (χ3n) is 9.55. The molecular weight excluding hydrogens is 725 g/mol. The van der Waals surface area contributed by atoms with Gasteiger partial charge in [-0.3, -0.25) is 0 Å². The maximum absolute atomic E-state index is 14.3. The van der Waals surface area contributed by atoms with E-state index in [1.807, 2.05) is 121 Å². The molecule has 0 aliphatic carbocycles. The van der Waals surface area contributed by atoms with Crippen molar-refractivity contribution in [2.45, 2.75) is 11.6 Å². The Labute approximate surface area is 326 Å². The summed E-state index contributed by atoms with van der Waals surface area (Å²) >= 11 is 0. The Kier molecular flexibility index (Phi) is 8.63. The molecule has 2 aliphatic heterocycles. The van der Waals surface area contributed by atoms with Crippen LogP contribution < -0.4 is 28.4 Å². The highest BCUT2D eigenvalue weighted by molar-refractivity contribution is 5.96. The van der Waals surface area contributed by atoms with Crippen LogP contribution in [0, 0.1) is 0 Å². The standard InChI is InChI=1S/C47H30O10/c48-43(49)31-26-37(41-39(27-31)54-46(56-41,33-18-8-2-9-19-33)34-20-10-3-11-21-34)53-45(51)32-28-38(52-44(50)30-16-6-1-7-17-30)42-40(29-32)55-47(57-42,35-22-12-4-13-23-35)36-24-14-5-15-25-36/h1-29H,(H,48,49). The van der Waals surface area contributed by atoms with Crippen molar-refractivity contribution in [2.75, 3.05) is 0 Å². The van der Waals surface area contributed by atoms with Crippen molar-refractivity contribution in [3.05, 3.63) is 215 Å². The van der Waals surface area contributed by atoms with Crippen LogP contribution in [0.25, 0.3) is 0 Å². The number of carboxylic acids is 1. The molecule has 0 atom stereocenters. The summed E-state index contributed by atoms with van der Waals surface area (Å²) in [5.41, 5.74) is 2.44. The number of hydrogen-bond donors (Lipinski definition) is 1. The van der Waals surface area contributed by atoms with Crippen LogP contribution in [0.2, 0.25) is 0 Å². The topological polar surface area (TPSA) is 127 Å². The SMILES string of the molecule is O=C(O)c1cc(OC(=O)c2cc(OC(=O)c3ccccc3)c3c(c2)OC(c2ccccc2)(c2ccccc2)O3)c2c(c1)OC(c1ccccc1)(c1ccccc1)O2. The van der Waals surface area contributed by atoms with E-state index < -0.39 is 29.5 Å². The van der Waals surface area contributed by atoms with Gasteiger partial charge in [0.2, 0.25) is 11.5 Å². The lowest BCUT2D eigenvalue weighted by molar-refractivity contribution is -0.0468. The first-order chi connectivity index (χ1) is 27.8. The molecule has 7 aromatic carbocycles. The van der Waals surface area contributed by atoms with Gasteiger partial charge >= 0.3 is 29.5 Å². The fourth-order valence-electron chi connectivity index (χ4n) is 6.86. The van der Waals surface area contributed by atoms with Crippen LogP contribution in [0.4, 0.5) is 0 Å². The molecule has 10 nitrogen and oxygen atoms in total. The lowest BCUT2D eigenvalue weighted by atomic mass is 9.97. The number of carbonyl (C=O) groups excluding carboxylic acids is 2. The molecule has 0 radical (unpaired) electrons. The number of rotatable bonds is 9. The van der Waals surface area contributed by atoms with E-state index in [4.69, 9.17) is 28.4 Å². The van der Waals surface area contributed by atoms with Crippen LogP contribution in [0.5, 0.6) is 34.5 Å². The smallest absolute Gasteiger partial charge is 0.343 e. The molecular formula is C47H30O10. The molecule has 0 aromatic heterocycles. The van der Waals surface area contributed by atoms with Crippen molar-refractivity contribution in [3.8, 4) is 34.5 Å². The molecule has 57 heavy (non-hydrogen) atoms. The second kappa shape index (κ2) is 14.1. The predicted octanol–water partition coefficient (Wildman–Crippen LogP) is 9.17. The largest absolute Gasteiger partial charge is 0.478 e. The summed E-state index contributed by atoms with van der Waals surface area (Å²) in [7, 11) is 0. The first-order valence-corrected chi connectivity index (χ1v) is 17.9. The van der Waals surface area contributed by atoms with Gasteiger partial charge in [0.15, 0.2) is 23.0 Å². The van der Waals surface area contributed by atoms with Gasteiger partial charge in [-0.2, -0.15) is 0 Å². The number of benzene rings is 7. The van der Waals surface area contributed by atoms with E-state index in [2.05, 4.69) is 0 Å². The second-order valence-electron chi connectivity index (χ2n) is 13.2. The van der Waals surface area contributed by atoms with Gasteiger partial charge in [0.05, 0.1) is 16.7 Å². The highest BCUT2D eigenvalue weighted by Gasteiger charge is 2.49. The zero-order valence-corrected chi connectivity index (χ0v) is 29.9. The number of aromatic carboxylic acids is 1. The first-order valence-electron chi connectivity index (χ1n) is 17.9. The minimum absolute atomic E-state index is 0.00435. The van der Waals surface area contributed by atoms with Crippen molar-refractivity contribution in [1.82, 2.24) is 0 Å². The molecule has 9 rings (SSSR count). The number of esters is 2. The van der Waals surface area contributed by atoms with E-state index in [0.29, 0.717) is 22.3 Å². The van der Waals surface area contributed by atoms with E-state index in [0.717, 1.165) is 0 Å². The fraction of sp³-hybridized carbons (Fsp3) is 0.0426. The number of hydrogen-bond acceptors (Lipinski definition) is 9. The molecule has 0 saturated carbocycles. The average molecular weight is 755 g/mol. The van der Waals surface area contributed by atoms with Crippen molar-refractivity contribution in [1.29, 1.82) is 0 Å². The fourth-order valence-corrected chi connectivity index (χ4v) is 6.86. The summed E-state index contributed by atoms with van der Waals surface area (Å²) in [6.45, 7) is 0.